The molecule has 2 unspecified atom stereocenters. The van der Waals surface area contributed by atoms with Gasteiger partial charge in [-0.1, -0.05) is 43.7 Å². The van der Waals surface area contributed by atoms with Crippen molar-refractivity contribution in [3.63, 3.8) is 0 Å². The molecule has 17 heavy (non-hydrogen) atoms. The third-order valence-electron chi connectivity index (χ3n) is 3.32. The van der Waals surface area contributed by atoms with Crippen molar-refractivity contribution in [3.8, 4) is 0 Å². The van der Waals surface area contributed by atoms with E-state index in [9.17, 15) is 9.59 Å². The average molecular weight is 231 g/mol. The Hall–Kier alpha value is -1.64. The molecule has 3 nitrogen and oxygen atoms in total. The number of carbonyl (C=O) groups is 2. The SMILES string of the molecule is CCCC(c1ccccc1)C1CC(=O)NC1=O. The maximum Gasteiger partial charge on any atom is 0.230 e. The number of benzene rings is 1. The fourth-order valence-electron chi connectivity index (χ4n) is 2.51. The van der Waals surface area contributed by atoms with Crippen molar-refractivity contribution in [1.29, 1.82) is 0 Å². The van der Waals surface area contributed by atoms with Crippen LogP contribution < -0.4 is 5.32 Å². The van der Waals surface area contributed by atoms with Gasteiger partial charge in [0.15, 0.2) is 0 Å². The largest absolute Gasteiger partial charge is 0.296 e. The molecule has 1 saturated heterocycles. The minimum absolute atomic E-state index is 0.114. The summed E-state index contributed by atoms with van der Waals surface area (Å²) < 4.78 is 0. The molecule has 2 amide bonds. The number of carbonyl (C=O) groups excluding carboxylic acids is 2. The van der Waals surface area contributed by atoms with Crippen LogP contribution >= 0.6 is 0 Å². The van der Waals surface area contributed by atoms with E-state index in [-0.39, 0.29) is 23.7 Å². The van der Waals surface area contributed by atoms with Crippen molar-refractivity contribution in [2.24, 2.45) is 5.92 Å². The van der Waals surface area contributed by atoms with Crippen LogP contribution in [-0.4, -0.2) is 11.8 Å². The third-order valence-corrected chi connectivity index (χ3v) is 3.32. The molecular formula is C14H17NO2. The van der Waals surface area contributed by atoms with Gasteiger partial charge in [-0.2, -0.15) is 0 Å². The number of imide groups is 1. The van der Waals surface area contributed by atoms with Crippen LogP contribution in [0.15, 0.2) is 30.3 Å². The van der Waals surface area contributed by atoms with E-state index in [1.807, 2.05) is 30.3 Å². The molecular weight excluding hydrogens is 214 g/mol. The smallest absolute Gasteiger partial charge is 0.230 e. The number of hydrogen-bond donors (Lipinski definition) is 1. The first-order valence-electron chi connectivity index (χ1n) is 6.11. The summed E-state index contributed by atoms with van der Waals surface area (Å²) in [5, 5.41) is 2.40. The Balaban J connectivity index is 2.23. The molecule has 90 valence electrons. The van der Waals surface area contributed by atoms with Gasteiger partial charge in [0.25, 0.3) is 0 Å². The molecule has 0 aromatic heterocycles. The average Bonchev–Trinajstić information content (AvgIpc) is 2.66. The van der Waals surface area contributed by atoms with Crippen molar-refractivity contribution in [2.45, 2.75) is 32.1 Å². The van der Waals surface area contributed by atoms with Crippen LogP contribution in [0.2, 0.25) is 0 Å². The summed E-state index contributed by atoms with van der Waals surface area (Å²) in [6.07, 6.45) is 2.28. The minimum atomic E-state index is -0.190. The van der Waals surface area contributed by atoms with E-state index >= 15 is 0 Å². The number of amides is 2. The molecule has 1 heterocycles. The van der Waals surface area contributed by atoms with E-state index in [2.05, 4.69) is 12.2 Å². The van der Waals surface area contributed by atoms with Crippen molar-refractivity contribution < 1.29 is 9.59 Å². The zero-order valence-electron chi connectivity index (χ0n) is 9.98. The molecule has 2 rings (SSSR count). The lowest BCUT2D eigenvalue weighted by molar-refractivity contribution is -0.126. The Morgan fingerprint density at radius 1 is 1.29 bits per heavy atom. The summed E-state index contributed by atoms with van der Waals surface area (Å²) in [5.41, 5.74) is 1.16. The predicted molar refractivity (Wildman–Crippen MR) is 65.3 cm³/mol. The molecule has 3 heteroatoms. The van der Waals surface area contributed by atoms with Gasteiger partial charge in [0.1, 0.15) is 0 Å². The Morgan fingerprint density at radius 2 is 2.00 bits per heavy atom. The molecule has 0 bridgehead atoms. The van der Waals surface area contributed by atoms with Gasteiger partial charge < -0.3 is 0 Å². The molecule has 1 N–H and O–H groups in total. The summed E-state index contributed by atoms with van der Waals surface area (Å²) in [6.45, 7) is 2.10. The van der Waals surface area contributed by atoms with E-state index in [1.54, 1.807) is 0 Å². The van der Waals surface area contributed by atoms with Gasteiger partial charge in [-0.3, -0.25) is 14.9 Å². The number of hydrogen-bond acceptors (Lipinski definition) is 2. The Labute approximate surface area is 101 Å². The quantitative estimate of drug-likeness (QED) is 0.808. The first-order chi connectivity index (χ1) is 8.22. The lowest BCUT2D eigenvalue weighted by Crippen LogP contribution is -2.25. The number of nitrogens with one attached hydrogen (secondary N) is 1. The molecule has 1 fully saturated rings. The summed E-state index contributed by atoms with van der Waals surface area (Å²) in [5.74, 6) is -0.285. The van der Waals surface area contributed by atoms with E-state index < -0.39 is 0 Å². The van der Waals surface area contributed by atoms with Gasteiger partial charge in [-0.05, 0) is 17.9 Å². The van der Waals surface area contributed by atoms with Crippen LogP contribution in [0.4, 0.5) is 0 Å². The van der Waals surface area contributed by atoms with E-state index in [0.717, 1.165) is 18.4 Å². The molecule has 2 atom stereocenters. The highest BCUT2D eigenvalue weighted by atomic mass is 16.2. The molecule has 1 aromatic carbocycles. The summed E-state index contributed by atoms with van der Waals surface area (Å²) in [4.78, 5) is 23.0. The Kier molecular flexibility index (Phi) is 3.57. The van der Waals surface area contributed by atoms with Crippen molar-refractivity contribution in [2.75, 3.05) is 0 Å². The molecule has 1 aliphatic rings. The Morgan fingerprint density at radius 3 is 2.53 bits per heavy atom. The molecule has 0 saturated carbocycles. The molecule has 1 aromatic rings. The highest BCUT2D eigenvalue weighted by molar-refractivity contribution is 6.03. The second-order valence-electron chi connectivity index (χ2n) is 4.53. The zero-order chi connectivity index (χ0) is 12.3. The normalized spacial score (nSPS) is 21.4. The van der Waals surface area contributed by atoms with Crippen LogP contribution in [0.1, 0.15) is 37.7 Å². The maximum atomic E-state index is 11.7. The van der Waals surface area contributed by atoms with Crippen LogP contribution in [0, 0.1) is 5.92 Å². The first-order valence-corrected chi connectivity index (χ1v) is 6.11. The van der Waals surface area contributed by atoms with Crippen molar-refractivity contribution in [1.82, 2.24) is 5.32 Å². The van der Waals surface area contributed by atoms with Gasteiger partial charge in [0.05, 0.1) is 5.92 Å². The fraction of sp³-hybridized carbons (Fsp3) is 0.429. The van der Waals surface area contributed by atoms with E-state index in [4.69, 9.17) is 0 Å². The van der Waals surface area contributed by atoms with Crippen LogP contribution in [0.25, 0.3) is 0 Å². The summed E-state index contributed by atoms with van der Waals surface area (Å²) in [7, 11) is 0. The van der Waals surface area contributed by atoms with Gasteiger partial charge in [0.2, 0.25) is 11.8 Å². The van der Waals surface area contributed by atoms with Gasteiger partial charge >= 0.3 is 0 Å². The third kappa shape index (κ3) is 2.54. The lowest BCUT2D eigenvalue weighted by Gasteiger charge is -2.20. The van der Waals surface area contributed by atoms with Crippen LogP contribution in [-0.2, 0) is 9.59 Å². The van der Waals surface area contributed by atoms with E-state index in [1.165, 1.54) is 0 Å². The Bertz CT molecular complexity index is 413. The van der Waals surface area contributed by atoms with Crippen LogP contribution in [0.3, 0.4) is 0 Å². The molecule has 0 radical (unpaired) electrons. The zero-order valence-corrected chi connectivity index (χ0v) is 9.98. The second kappa shape index (κ2) is 5.13. The van der Waals surface area contributed by atoms with Gasteiger partial charge in [0, 0.05) is 6.42 Å². The molecule has 1 aliphatic heterocycles. The lowest BCUT2D eigenvalue weighted by atomic mass is 9.82. The first kappa shape index (κ1) is 11.8. The summed E-state index contributed by atoms with van der Waals surface area (Å²) in [6, 6.07) is 10.00. The molecule has 0 aliphatic carbocycles. The van der Waals surface area contributed by atoms with Crippen molar-refractivity contribution in [3.05, 3.63) is 35.9 Å². The fourth-order valence-corrected chi connectivity index (χ4v) is 2.51. The van der Waals surface area contributed by atoms with E-state index in [0.29, 0.717) is 6.42 Å². The van der Waals surface area contributed by atoms with Gasteiger partial charge in [-0.15, -0.1) is 0 Å². The van der Waals surface area contributed by atoms with Crippen LogP contribution in [0.5, 0.6) is 0 Å². The maximum absolute atomic E-state index is 11.7. The molecule has 0 spiro atoms. The van der Waals surface area contributed by atoms with Crippen molar-refractivity contribution >= 4 is 11.8 Å². The minimum Gasteiger partial charge on any atom is -0.296 e. The standard InChI is InChI=1S/C14H17NO2/c1-2-6-11(10-7-4-3-5-8-10)12-9-13(16)15-14(12)17/h3-5,7-8,11-12H,2,6,9H2,1H3,(H,15,16,17). The highest BCUT2D eigenvalue weighted by Crippen LogP contribution is 2.33. The monoisotopic (exact) mass is 231 g/mol. The summed E-state index contributed by atoms with van der Waals surface area (Å²) >= 11 is 0. The predicted octanol–water partition coefficient (Wildman–Crippen LogP) is 2.23. The number of rotatable bonds is 4. The van der Waals surface area contributed by atoms with Gasteiger partial charge in [-0.25, -0.2) is 0 Å². The second-order valence-corrected chi connectivity index (χ2v) is 4.53. The topological polar surface area (TPSA) is 46.2 Å². The highest BCUT2D eigenvalue weighted by Gasteiger charge is 2.36.